The molecule has 0 saturated carbocycles. The Bertz CT molecular complexity index is 495. The zero-order valence-corrected chi connectivity index (χ0v) is 10.7. The van der Waals surface area contributed by atoms with Crippen LogP contribution in [0.4, 0.5) is 4.39 Å². The predicted molar refractivity (Wildman–Crippen MR) is 65.0 cm³/mol. The van der Waals surface area contributed by atoms with Crippen molar-refractivity contribution in [1.82, 2.24) is 4.31 Å². The van der Waals surface area contributed by atoms with Crippen molar-refractivity contribution in [2.75, 3.05) is 13.1 Å². The molecule has 1 saturated heterocycles. The molecular formula is C10H14ClFN2O2S. The van der Waals surface area contributed by atoms with Crippen LogP contribution in [-0.2, 0) is 10.0 Å². The summed E-state index contributed by atoms with van der Waals surface area (Å²) in [5.74, 6) is -0.551. The molecule has 96 valence electrons. The van der Waals surface area contributed by atoms with Crippen LogP contribution in [-0.4, -0.2) is 31.9 Å². The second-order valence-electron chi connectivity index (χ2n) is 3.87. The standard InChI is InChI=1S/C10H13FN2O2S.ClH/c11-8-2-1-3-10(6-8)16(14,15)13-5-4-9(12)7-13;/h1-3,6,9H,4-5,7,12H2;1H/t9-;/m0./s1. The van der Waals surface area contributed by atoms with Gasteiger partial charge in [0, 0.05) is 19.1 Å². The van der Waals surface area contributed by atoms with Crippen molar-refractivity contribution < 1.29 is 12.8 Å². The summed E-state index contributed by atoms with van der Waals surface area (Å²) in [6.45, 7) is 0.707. The van der Waals surface area contributed by atoms with Gasteiger partial charge in [0.25, 0.3) is 0 Å². The van der Waals surface area contributed by atoms with E-state index in [1.807, 2.05) is 0 Å². The Balaban J connectivity index is 0.00000144. The quantitative estimate of drug-likeness (QED) is 0.878. The molecule has 0 unspecified atom stereocenters. The van der Waals surface area contributed by atoms with Crippen LogP contribution < -0.4 is 5.73 Å². The largest absolute Gasteiger partial charge is 0.326 e. The van der Waals surface area contributed by atoms with Gasteiger partial charge >= 0.3 is 0 Å². The van der Waals surface area contributed by atoms with Crippen molar-refractivity contribution in [3.63, 3.8) is 0 Å². The lowest BCUT2D eigenvalue weighted by molar-refractivity contribution is 0.471. The van der Waals surface area contributed by atoms with Gasteiger partial charge in [0.1, 0.15) is 5.82 Å². The molecule has 17 heavy (non-hydrogen) atoms. The molecule has 0 aromatic heterocycles. The van der Waals surface area contributed by atoms with Crippen LogP contribution >= 0.6 is 12.4 Å². The first-order chi connectivity index (χ1) is 7.50. The minimum absolute atomic E-state index is 0. The van der Waals surface area contributed by atoms with Gasteiger partial charge in [-0.1, -0.05) is 6.07 Å². The lowest BCUT2D eigenvalue weighted by Gasteiger charge is -2.15. The summed E-state index contributed by atoms with van der Waals surface area (Å²) in [7, 11) is -3.58. The van der Waals surface area contributed by atoms with Crippen LogP contribution in [0.25, 0.3) is 0 Å². The zero-order valence-electron chi connectivity index (χ0n) is 9.04. The molecule has 1 atom stereocenters. The van der Waals surface area contributed by atoms with Crippen molar-refractivity contribution >= 4 is 22.4 Å². The Morgan fingerprint density at radius 1 is 1.41 bits per heavy atom. The highest BCUT2D eigenvalue weighted by atomic mass is 35.5. The van der Waals surface area contributed by atoms with E-state index in [9.17, 15) is 12.8 Å². The number of rotatable bonds is 2. The Hall–Kier alpha value is -0.690. The zero-order chi connectivity index (χ0) is 11.8. The van der Waals surface area contributed by atoms with Gasteiger partial charge in [-0.2, -0.15) is 4.31 Å². The molecule has 1 aromatic rings. The molecule has 2 rings (SSSR count). The van der Waals surface area contributed by atoms with Gasteiger partial charge < -0.3 is 5.73 Å². The molecule has 1 aliphatic heterocycles. The van der Waals surface area contributed by atoms with Crippen molar-refractivity contribution in [3.8, 4) is 0 Å². The summed E-state index contributed by atoms with van der Waals surface area (Å²) in [6, 6.07) is 4.90. The smallest absolute Gasteiger partial charge is 0.243 e. The molecule has 7 heteroatoms. The van der Waals surface area contributed by atoms with E-state index in [1.54, 1.807) is 0 Å². The molecule has 0 aliphatic carbocycles. The number of hydrogen-bond acceptors (Lipinski definition) is 3. The lowest BCUT2D eigenvalue weighted by Crippen LogP contribution is -2.32. The van der Waals surface area contributed by atoms with E-state index in [2.05, 4.69) is 0 Å². The number of sulfonamides is 1. The summed E-state index contributed by atoms with van der Waals surface area (Å²) < 4.78 is 38.3. The number of nitrogens with two attached hydrogens (primary N) is 1. The first kappa shape index (κ1) is 14.4. The lowest BCUT2D eigenvalue weighted by atomic mass is 10.3. The molecule has 0 radical (unpaired) electrons. The van der Waals surface area contributed by atoms with Gasteiger partial charge in [-0.3, -0.25) is 0 Å². The number of nitrogens with zero attached hydrogens (tertiary/aromatic N) is 1. The van der Waals surface area contributed by atoms with Crippen molar-refractivity contribution in [1.29, 1.82) is 0 Å². The van der Waals surface area contributed by atoms with Crippen molar-refractivity contribution in [2.45, 2.75) is 17.4 Å². The molecule has 0 amide bonds. The van der Waals surface area contributed by atoms with E-state index < -0.39 is 15.8 Å². The normalized spacial score (nSPS) is 21.2. The van der Waals surface area contributed by atoms with Crippen molar-refractivity contribution in [3.05, 3.63) is 30.1 Å². The summed E-state index contributed by atoms with van der Waals surface area (Å²) in [4.78, 5) is -0.0124. The van der Waals surface area contributed by atoms with Gasteiger partial charge in [0.2, 0.25) is 10.0 Å². The summed E-state index contributed by atoms with van der Waals surface area (Å²) in [5, 5.41) is 0. The van der Waals surface area contributed by atoms with E-state index >= 15 is 0 Å². The minimum atomic E-state index is -3.58. The Morgan fingerprint density at radius 2 is 2.12 bits per heavy atom. The first-order valence-electron chi connectivity index (χ1n) is 5.01. The van der Waals surface area contributed by atoms with E-state index in [0.29, 0.717) is 19.5 Å². The second-order valence-corrected chi connectivity index (χ2v) is 5.81. The highest BCUT2D eigenvalue weighted by Crippen LogP contribution is 2.20. The summed E-state index contributed by atoms with van der Waals surface area (Å²) in [6.07, 6.45) is 0.647. The topological polar surface area (TPSA) is 63.4 Å². The molecule has 0 spiro atoms. The van der Waals surface area contributed by atoms with Crippen LogP contribution in [0.5, 0.6) is 0 Å². The molecule has 1 aliphatic rings. The van der Waals surface area contributed by atoms with Gasteiger partial charge in [-0.25, -0.2) is 12.8 Å². The SMILES string of the molecule is Cl.N[C@H]1CCN(S(=O)(=O)c2cccc(F)c2)C1. The number of hydrogen-bond donors (Lipinski definition) is 1. The highest BCUT2D eigenvalue weighted by molar-refractivity contribution is 7.89. The van der Waals surface area contributed by atoms with Gasteiger partial charge in [0.05, 0.1) is 4.90 Å². The summed E-state index contributed by atoms with van der Waals surface area (Å²) >= 11 is 0. The first-order valence-corrected chi connectivity index (χ1v) is 6.45. The number of halogens is 2. The van der Waals surface area contributed by atoms with Crippen LogP contribution in [0.1, 0.15) is 6.42 Å². The van der Waals surface area contributed by atoms with Gasteiger partial charge in [-0.05, 0) is 24.6 Å². The number of benzene rings is 1. The predicted octanol–water partition coefficient (Wildman–Crippen LogP) is 0.969. The monoisotopic (exact) mass is 280 g/mol. The van der Waals surface area contributed by atoms with Crippen LogP contribution in [0, 0.1) is 5.82 Å². The molecule has 4 nitrogen and oxygen atoms in total. The second kappa shape index (κ2) is 5.30. The molecule has 1 fully saturated rings. The molecule has 1 aromatic carbocycles. The van der Waals surface area contributed by atoms with Crippen LogP contribution in [0.2, 0.25) is 0 Å². The third-order valence-electron chi connectivity index (χ3n) is 2.62. The molecule has 1 heterocycles. The minimum Gasteiger partial charge on any atom is -0.326 e. The maximum absolute atomic E-state index is 13.0. The molecule has 2 N–H and O–H groups in total. The fourth-order valence-electron chi connectivity index (χ4n) is 1.75. The molecule has 0 bridgehead atoms. The maximum atomic E-state index is 13.0. The van der Waals surface area contributed by atoms with Gasteiger partial charge in [-0.15, -0.1) is 12.4 Å². The van der Waals surface area contributed by atoms with E-state index in [-0.39, 0.29) is 23.3 Å². The van der Waals surface area contributed by atoms with E-state index in [1.165, 1.54) is 22.5 Å². The van der Waals surface area contributed by atoms with Crippen LogP contribution in [0.15, 0.2) is 29.2 Å². The fourth-order valence-corrected chi connectivity index (χ4v) is 3.29. The fraction of sp³-hybridized carbons (Fsp3) is 0.400. The Morgan fingerprint density at radius 3 is 2.65 bits per heavy atom. The van der Waals surface area contributed by atoms with Crippen molar-refractivity contribution in [2.24, 2.45) is 5.73 Å². The highest BCUT2D eigenvalue weighted by Gasteiger charge is 2.30. The Labute approximate surface area is 106 Å². The van der Waals surface area contributed by atoms with E-state index in [4.69, 9.17) is 5.73 Å². The summed E-state index contributed by atoms with van der Waals surface area (Å²) in [5.41, 5.74) is 5.65. The van der Waals surface area contributed by atoms with Crippen LogP contribution in [0.3, 0.4) is 0 Å². The third-order valence-corrected chi connectivity index (χ3v) is 4.48. The average Bonchev–Trinajstić information content (AvgIpc) is 2.65. The third kappa shape index (κ3) is 2.95. The molecular weight excluding hydrogens is 267 g/mol. The Kier molecular flexibility index (Phi) is 4.48. The maximum Gasteiger partial charge on any atom is 0.243 e. The average molecular weight is 281 g/mol. The van der Waals surface area contributed by atoms with Gasteiger partial charge in [0.15, 0.2) is 0 Å². The van der Waals surface area contributed by atoms with E-state index in [0.717, 1.165) is 6.07 Å².